The maximum atomic E-state index is 12.4. The van der Waals surface area contributed by atoms with Crippen LogP contribution in [0.5, 0.6) is 0 Å². The summed E-state index contributed by atoms with van der Waals surface area (Å²) in [5.41, 5.74) is 1.39. The third-order valence-corrected chi connectivity index (χ3v) is 2.97. The highest BCUT2D eigenvalue weighted by molar-refractivity contribution is 6.12. The normalized spacial score (nSPS) is 11.4. The molecule has 0 unspecified atom stereocenters. The average molecular weight is 226 g/mol. The van der Waals surface area contributed by atoms with Gasteiger partial charge in [-0.1, -0.05) is 18.2 Å². The highest BCUT2D eigenvalue weighted by atomic mass is 16.1. The molecule has 0 saturated heterocycles. The first-order chi connectivity index (χ1) is 7.97. The minimum atomic E-state index is -0.990. The fourth-order valence-electron chi connectivity index (χ4n) is 1.93. The van der Waals surface area contributed by atoms with Crippen LogP contribution in [0, 0.1) is 23.7 Å². The van der Waals surface area contributed by atoms with E-state index in [0.29, 0.717) is 5.56 Å². The summed E-state index contributed by atoms with van der Waals surface area (Å²) < 4.78 is 0. The number of rotatable bonds is 2. The van der Waals surface area contributed by atoms with Crippen LogP contribution in [-0.4, -0.2) is 10.8 Å². The van der Waals surface area contributed by atoms with Crippen molar-refractivity contribution in [1.82, 2.24) is 4.98 Å². The molecule has 0 saturated carbocycles. The third-order valence-electron chi connectivity index (χ3n) is 2.97. The van der Waals surface area contributed by atoms with E-state index < -0.39 is 5.41 Å². The number of Topliss-reactive ketones (excluding diaryl/α,β-unsaturated/α-hetero) is 1. The number of hydrogen-bond acceptors (Lipinski definition) is 2. The van der Waals surface area contributed by atoms with E-state index in [2.05, 4.69) is 11.1 Å². The van der Waals surface area contributed by atoms with Gasteiger partial charge in [-0.15, -0.1) is 0 Å². The molecule has 0 amide bonds. The second-order valence-corrected chi connectivity index (χ2v) is 4.74. The number of aromatic amines is 1. The van der Waals surface area contributed by atoms with E-state index in [4.69, 9.17) is 5.26 Å². The molecule has 0 fully saturated rings. The molecule has 1 N–H and O–H groups in total. The van der Waals surface area contributed by atoms with Crippen molar-refractivity contribution in [1.29, 1.82) is 5.26 Å². The van der Waals surface area contributed by atoms with Gasteiger partial charge in [-0.3, -0.25) is 4.79 Å². The van der Waals surface area contributed by atoms with Crippen LogP contribution < -0.4 is 0 Å². The number of nitrogens with zero attached hydrogens (tertiary/aromatic N) is 1. The van der Waals surface area contributed by atoms with E-state index in [-0.39, 0.29) is 5.78 Å². The Morgan fingerprint density at radius 2 is 2.00 bits per heavy atom. The summed E-state index contributed by atoms with van der Waals surface area (Å²) in [4.78, 5) is 15.5. The Kier molecular flexibility index (Phi) is 2.51. The number of para-hydroxylation sites is 1. The van der Waals surface area contributed by atoms with Gasteiger partial charge in [0.2, 0.25) is 0 Å². The molecular formula is C14H14N2O. The van der Waals surface area contributed by atoms with Crippen LogP contribution in [0.4, 0.5) is 0 Å². The quantitative estimate of drug-likeness (QED) is 0.799. The van der Waals surface area contributed by atoms with E-state index >= 15 is 0 Å². The van der Waals surface area contributed by atoms with Crippen molar-refractivity contribution >= 4 is 16.7 Å². The molecule has 3 heteroatoms. The highest BCUT2D eigenvalue weighted by Crippen LogP contribution is 2.29. The molecule has 2 rings (SSSR count). The average Bonchev–Trinajstić information content (AvgIpc) is 2.64. The maximum Gasteiger partial charge on any atom is 0.184 e. The van der Waals surface area contributed by atoms with Crippen molar-refractivity contribution in [3.63, 3.8) is 0 Å². The fourth-order valence-corrected chi connectivity index (χ4v) is 1.93. The SMILES string of the molecule is Cc1[nH]c2ccccc2c1C(=O)C(C)(C)C#N. The van der Waals surface area contributed by atoms with Gasteiger partial charge >= 0.3 is 0 Å². The van der Waals surface area contributed by atoms with Gasteiger partial charge in [0.15, 0.2) is 5.78 Å². The molecule has 2 aromatic rings. The molecule has 3 nitrogen and oxygen atoms in total. The molecule has 1 aromatic heterocycles. The lowest BCUT2D eigenvalue weighted by Crippen LogP contribution is -2.22. The summed E-state index contributed by atoms with van der Waals surface area (Å²) >= 11 is 0. The molecule has 0 aliphatic rings. The number of carbonyl (C=O) groups is 1. The Labute approximate surface area is 100 Å². The van der Waals surface area contributed by atoms with Gasteiger partial charge < -0.3 is 4.98 Å². The van der Waals surface area contributed by atoms with Crippen LogP contribution in [0.1, 0.15) is 29.9 Å². The van der Waals surface area contributed by atoms with Crippen LogP contribution in [0.2, 0.25) is 0 Å². The van der Waals surface area contributed by atoms with Crippen molar-refractivity contribution in [2.24, 2.45) is 5.41 Å². The second kappa shape index (κ2) is 3.74. The van der Waals surface area contributed by atoms with Gasteiger partial charge in [-0.25, -0.2) is 0 Å². The lowest BCUT2D eigenvalue weighted by molar-refractivity contribution is 0.0893. The van der Waals surface area contributed by atoms with E-state index in [1.54, 1.807) is 13.8 Å². The Hall–Kier alpha value is -2.08. The van der Waals surface area contributed by atoms with Crippen LogP contribution in [0.25, 0.3) is 10.9 Å². The van der Waals surface area contributed by atoms with Crippen molar-refractivity contribution < 1.29 is 4.79 Å². The predicted molar refractivity (Wildman–Crippen MR) is 66.8 cm³/mol. The lowest BCUT2D eigenvalue weighted by atomic mass is 9.85. The number of hydrogen-bond donors (Lipinski definition) is 1. The number of carbonyl (C=O) groups excluding carboxylic acids is 1. The van der Waals surface area contributed by atoms with E-state index in [9.17, 15) is 4.79 Å². The highest BCUT2D eigenvalue weighted by Gasteiger charge is 2.31. The molecular weight excluding hydrogens is 212 g/mol. The number of nitriles is 1. The Bertz CT molecular complexity index is 629. The monoisotopic (exact) mass is 226 g/mol. The molecule has 0 aliphatic carbocycles. The zero-order valence-electron chi connectivity index (χ0n) is 10.2. The second-order valence-electron chi connectivity index (χ2n) is 4.74. The van der Waals surface area contributed by atoms with Crippen LogP contribution in [0.3, 0.4) is 0 Å². The molecule has 17 heavy (non-hydrogen) atoms. The standard InChI is InChI=1S/C14H14N2O/c1-9-12(13(17)14(2,3)8-15)10-6-4-5-7-11(10)16-9/h4-7,16H,1-3H3. The van der Waals surface area contributed by atoms with E-state index in [1.165, 1.54) is 0 Å². The fraction of sp³-hybridized carbons (Fsp3) is 0.286. The molecule has 0 bridgehead atoms. The smallest absolute Gasteiger partial charge is 0.184 e. The van der Waals surface area contributed by atoms with E-state index in [0.717, 1.165) is 16.6 Å². The van der Waals surface area contributed by atoms with Gasteiger partial charge in [-0.05, 0) is 26.8 Å². The molecule has 0 radical (unpaired) electrons. The molecule has 0 atom stereocenters. The number of nitrogens with one attached hydrogen (secondary N) is 1. The number of benzene rings is 1. The lowest BCUT2D eigenvalue weighted by Gasteiger charge is -2.13. The Balaban J connectivity index is 2.68. The first kappa shape index (κ1) is 11.4. The number of aromatic nitrogens is 1. The van der Waals surface area contributed by atoms with Crippen molar-refractivity contribution in [3.8, 4) is 6.07 Å². The number of aryl methyl sites for hydroxylation is 1. The van der Waals surface area contributed by atoms with Crippen molar-refractivity contribution in [2.45, 2.75) is 20.8 Å². The number of H-pyrrole nitrogens is 1. The first-order valence-corrected chi connectivity index (χ1v) is 5.51. The minimum Gasteiger partial charge on any atom is -0.358 e. The zero-order valence-corrected chi connectivity index (χ0v) is 10.2. The predicted octanol–water partition coefficient (Wildman–Crippen LogP) is 3.21. The topological polar surface area (TPSA) is 56.6 Å². The molecule has 86 valence electrons. The first-order valence-electron chi connectivity index (χ1n) is 5.51. The van der Waals surface area contributed by atoms with E-state index in [1.807, 2.05) is 31.2 Å². The van der Waals surface area contributed by atoms with Crippen LogP contribution in [0.15, 0.2) is 24.3 Å². The van der Waals surface area contributed by atoms with Crippen molar-refractivity contribution in [3.05, 3.63) is 35.5 Å². The summed E-state index contributed by atoms with van der Waals surface area (Å²) in [5.74, 6) is -0.130. The van der Waals surface area contributed by atoms with Gasteiger partial charge in [0, 0.05) is 22.2 Å². The van der Waals surface area contributed by atoms with Gasteiger partial charge in [0.25, 0.3) is 0 Å². The molecule has 1 aromatic carbocycles. The Morgan fingerprint density at radius 3 is 2.65 bits per heavy atom. The molecule has 1 heterocycles. The van der Waals surface area contributed by atoms with Gasteiger partial charge in [-0.2, -0.15) is 5.26 Å². The van der Waals surface area contributed by atoms with Crippen LogP contribution in [-0.2, 0) is 0 Å². The third kappa shape index (κ3) is 1.72. The minimum absolute atomic E-state index is 0.130. The summed E-state index contributed by atoms with van der Waals surface area (Å²) in [6.07, 6.45) is 0. The summed E-state index contributed by atoms with van der Waals surface area (Å²) in [6.45, 7) is 5.16. The largest absolute Gasteiger partial charge is 0.358 e. The summed E-state index contributed by atoms with van der Waals surface area (Å²) in [5, 5.41) is 9.93. The maximum absolute atomic E-state index is 12.4. The molecule has 0 aliphatic heterocycles. The zero-order chi connectivity index (χ0) is 12.6. The van der Waals surface area contributed by atoms with Gasteiger partial charge in [0.05, 0.1) is 6.07 Å². The summed E-state index contributed by atoms with van der Waals surface area (Å²) in [6, 6.07) is 9.70. The molecule has 0 spiro atoms. The van der Waals surface area contributed by atoms with Crippen LogP contribution >= 0.6 is 0 Å². The van der Waals surface area contributed by atoms with Crippen molar-refractivity contribution in [2.75, 3.05) is 0 Å². The Morgan fingerprint density at radius 1 is 1.35 bits per heavy atom. The van der Waals surface area contributed by atoms with Gasteiger partial charge in [0.1, 0.15) is 5.41 Å². The summed E-state index contributed by atoms with van der Waals surface area (Å²) in [7, 11) is 0. The number of ketones is 1. The number of fused-ring (bicyclic) bond motifs is 1.